The number of fused-ring (bicyclic) bond motifs is 15. The summed E-state index contributed by atoms with van der Waals surface area (Å²) in [5, 5.41) is 4.87. The number of hydrogen-bond donors (Lipinski definition) is 0. The molecule has 0 bridgehead atoms. The fourth-order valence-corrected chi connectivity index (χ4v) is 9.84. The summed E-state index contributed by atoms with van der Waals surface area (Å²) < 4.78 is 4.81. The predicted molar refractivity (Wildman–Crippen MR) is 216 cm³/mol. The van der Waals surface area contributed by atoms with Gasteiger partial charge in [-0.25, -0.2) is 0 Å². The van der Waals surface area contributed by atoms with E-state index >= 15 is 0 Å². The Balaban J connectivity index is 1.31. The van der Waals surface area contributed by atoms with E-state index < -0.39 is 5.41 Å². The van der Waals surface area contributed by atoms with E-state index in [0.29, 0.717) is 0 Å². The molecule has 0 saturated carbocycles. The van der Waals surface area contributed by atoms with Crippen LogP contribution in [0.4, 0.5) is 0 Å². The smallest absolute Gasteiger partial charge is 0.193 e. The number of aromatic nitrogens is 2. The summed E-state index contributed by atoms with van der Waals surface area (Å²) in [5.41, 5.74) is 14.6. The van der Waals surface area contributed by atoms with E-state index in [4.69, 9.17) is 0 Å². The van der Waals surface area contributed by atoms with Gasteiger partial charge in [-0.3, -0.25) is 4.79 Å². The van der Waals surface area contributed by atoms with E-state index in [9.17, 15) is 4.79 Å². The second-order valence-corrected chi connectivity index (χ2v) is 14.4. The number of rotatable bonds is 2. The van der Waals surface area contributed by atoms with Crippen molar-refractivity contribution in [1.82, 2.24) is 9.13 Å². The summed E-state index contributed by atoms with van der Waals surface area (Å²) in [6.07, 6.45) is 0. The highest BCUT2D eigenvalue weighted by atomic mass is 16.1. The highest BCUT2D eigenvalue weighted by molar-refractivity contribution is 6.18. The summed E-state index contributed by atoms with van der Waals surface area (Å²) in [5.74, 6) is 0.0794. The van der Waals surface area contributed by atoms with Crippen LogP contribution in [0.5, 0.6) is 0 Å². The van der Waals surface area contributed by atoms with Gasteiger partial charge in [0.25, 0.3) is 0 Å². The molecule has 3 heteroatoms. The van der Waals surface area contributed by atoms with E-state index in [1.54, 1.807) is 0 Å². The predicted octanol–water partition coefficient (Wildman–Crippen LogP) is 11.8. The van der Waals surface area contributed by atoms with Gasteiger partial charge in [-0.2, -0.15) is 0 Å². The van der Waals surface area contributed by atoms with Crippen LogP contribution in [0.15, 0.2) is 182 Å². The molecule has 1 spiro atoms. The first-order chi connectivity index (χ1) is 26.2. The molecule has 0 fully saturated rings. The van der Waals surface area contributed by atoms with Crippen LogP contribution < -0.4 is 0 Å². The van der Waals surface area contributed by atoms with E-state index in [-0.39, 0.29) is 5.78 Å². The third-order valence-electron chi connectivity index (χ3n) is 11.9. The largest absolute Gasteiger partial charge is 0.309 e. The molecule has 0 saturated heterocycles. The second-order valence-electron chi connectivity index (χ2n) is 14.4. The lowest BCUT2D eigenvalue weighted by atomic mass is 9.61. The van der Waals surface area contributed by atoms with Gasteiger partial charge >= 0.3 is 0 Å². The molecule has 0 atom stereocenters. The Morgan fingerprint density at radius 2 is 0.717 bits per heavy atom. The molecule has 12 rings (SSSR count). The molecule has 0 N–H and O–H groups in total. The molecule has 10 aromatic rings. The van der Waals surface area contributed by atoms with Gasteiger partial charge in [0, 0.05) is 44.0 Å². The van der Waals surface area contributed by atoms with E-state index in [1.165, 1.54) is 54.8 Å². The third kappa shape index (κ3) is 3.56. The molecule has 246 valence electrons. The Kier molecular flexibility index (Phi) is 5.58. The monoisotopic (exact) mass is 674 g/mol. The van der Waals surface area contributed by atoms with Crippen molar-refractivity contribution in [3.63, 3.8) is 0 Å². The molecule has 8 aromatic carbocycles. The Labute approximate surface area is 305 Å². The van der Waals surface area contributed by atoms with Crippen LogP contribution in [0.2, 0.25) is 0 Å². The van der Waals surface area contributed by atoms with Crippen LogP contribution in [0.1, 0.15) is 38.2 Å². The molecular formula is C50H30N2O. The highest BCUT2D eigenvalue weighted by Crippen LogP contribution is 2.61. The van der Waals surface area contributed by atoms with Gasteiger partial charge in [-0.05, 0) is 94.0 Å². The number of hydrogen-bond acceptors (Lipinski definition) is 1. The summed E-state index contributed by atoms with van der Waals surface area (Å²) in [6.45, 7) is 0. The van der Waals surface area contributed by atoms with Crippen molar-refractivity contribution in [2.75, 3.05) is 0 Å². The van der Waals surface area contributed by atoms with Crippen molar-refractivity contribution in [2.24, 2.45) is 0 Å². The van der Waals surface area contributed by atoms with Crippen LogP contribution in [-0.2, 0) is 5.41 Å². The van der Waals surface area contributed by atoms with E-state index in [1.807, 2.05) is 24.3 Å². The first-order valence-electron chi connectivity index (χ1n) is 18.2. The maximum atomic E-state index is 14.4. The van der Waals surface area contributed by atoms with Crippen LogP contribution in [0.25, 0.3) is 66.1 Å². The van der Waals surface area contributed by atoms with Crippen molar-refractivity contribution < 1.29 is 4.79 Å². The zero-order chi connectivity index (χ0) is 34.8. The standard InChI is InChI=1S/C50H30N2O/c53-49-35-21-7-11-23-41(35)50(42-24-12-8-22-36(42)49)43-29-47-39(33-19-9-13-25-45(33)51(47)31-15-3-1-4-16-31)27-37(43)38-28-40-34-20-10-14-26-46(34)52(48(40)30-44(38)50)32-17-5-2-6-18-32/h1-30H. The van der Waals surface area contributed by atoms with Gasteiger partial charge in [0.1, 0.15) is 0 Å². The molecule has 2 aliphatic carbocycles. The van der Waals surface area contributed by atoms with Gasteiger partial charge in [0.05, 0.1) is 27.5 Å². The lowest BCUT2D eigenvalue weighted by molar-refractivity contribution is 0.103. The minimum Gasteiger partial charge on any atom is -0.309 e. The van der Waals surface area contributed by atoms with Crippen molar-refractivity contribution in [3.8, 4) is 22.5 Å². The molecule has 2 heterocycles. The fraction of sp³-hybridized carbons (Fsp3) is 0.0200. The van der Waals surface area contributed by atoms with Crippen molar-refractivity contribution >= 4 is 49.4 Å². The summed E-state index contributed by atoms with van der Waals surface area (Å²) in [6, 6.07) is 65.2. The number of carbonyl (C=O) groups excluding carboxylic acids is 1. The minimum absolute atomic E-state index is 0.0794. The summed E-state index contributed by atoms with van der Waals surface area (Å²) in [7, 11) is 0. The molecule has 2 aromatic heterocycles. The van der Waals surface area contributed by atoms with Gasteiger partial charge in [-0.1, -0.05) is 121 Å². The number of benzene rings is 8. The topological polar surface area (TPSA) is 26.9 Å². The molecule has 0 aliphatic heterocycles. The van der Waals surface area contributed by atoms with Gasteiger partial charge in [-0.15, -0.1) is 0 Å². The normalized spacial score (nSPS) is 13.8. The zero-order valence-corrected chi connectivity index (χ0v) is 28.6. The number of nitrogens with zero attached hydrogens (tertiary/aromatic N) is 2. The number of para-hydroxylation sites is 4. The quantitative estimate of drug-likeness (QED) is 0.179. The lowest BCUT2D eigenvalue weighted by Crippen LogP contribution is -2.36. The fourth-order valence-electron chi connectivity index (χ4n) is 9.84. The van der Waals surface area contributed by atoms with Crippen LogP contribution in [0, 0.1) is 0 Å². The maximum Gasteiger partial charge on any atom is 0.193 e. The first kappa shape index (κ1) is 28.7. The van der Waals surface area contributed by atoms with Crippen molar-refractivity contribution in [2.45, 2.75) is 5.41 Å². The van der Waals surface area contributed by atoms with Gasteiger partial charge in [0.2, 0.25) is 0 Å². The summed E-state index contributed by atoms with van der Waals surface area (Å²) >= 11 is 0. The molecule has 53 heavy (non-hydrogen) atoms. The first-order valence-corrected chi connectivity index (χ1v) is 18.2. The van der Waals surface area contributed by atoms with Crippen LogP contribution >= 0.6 is 0 Å². The molecule has 2 aliphatic rings. The zero-order valence-electron chi connectivity index (χ0n) is 28.6. The number of carbonyl (C=O) groups is 1. The molecular weight excluding hydrogens is 645 g/mol. The molecule has 3 nitrogen and oxygen atoms in total. The average Bonchev–Trinajstić information content (AvgIpc) is 3.82. The Morgan fingerprint density at radius 1 is 0.321 bits per heavy atom. The number of ketones is 1. The Morgan fingerprint density at radius 3 is 1.19 bits per heavy atom. The average molecular weight is 675 g/mol. The van der Waals surface area contributed by atoms with E-state index in [2.05, 4.69) is 167 Å². The SMILES string of the molecule is O=C1c2ccccc2C2(c3ccccc31)c1cc3c(cc1-c1cc4c5ccccc5n(-c5ccccc5)c4cc12)c1ccccc1n3-c1ccccc1. The highest BCUT2D eigenvalue weighted by Gasteiger charge is 2.52. The molecule has 0 amide bonds. The third-order valence-corrected chi connectivity index (χ3v) is 11.9. The minimum atomic E-state index is -0.732. The summed E-state index contributed by atoms with van der Waals surface area (Å²) in [4.78, 5) is 14.4. The molecule has 0 radical (unpaired) electrons. The van der Waals surface area contributed by atoms with Crippen LogP contribution in [-0.4, -0.2) is 14.9 Å². The van der Waals surface area contributed by atoms with E-state index in [0.717, 1.165) is 44.7 Å². The second kappa shape index (κ2) is 10.3. The van der Waals surface area contributed by atoms with Crippen LogP contribution in [0.3, 0.4) is 0 Å². The van der Waals surface area contributed by atoms with Gasteiger partial charge in [0.15, 0.2) is 5.78 Å². The Bertz CT molecular complexity index is 2970. The lowest BCUT2D eigenvalue weighted by Gasteiger charge is -2.39. The molecule has 0 unspecified atom stereocenters. The van der Waals surface area contributed by atoms with Crippen molar-refractivity contribution in [3.05, 3.63) is 215 Å². The maximum absolute atomic E-state index is 14.4. The Hall–Kier alpha value is -6.97. The van der Waals surface area contributed by atoms with Crippen molar-refractivity contribution in [1.29, 1.82) is 0 Å². The van der Waals surface area contributed by atoms with Gasteiger partial charge < -0.3 is 9.13 Å².